The highest BCUT2D eigenvalue weighted by atomic mass is 32.2. The number of likely N-dealkylation sites (N-methyl/N-ethyl adjacent to an activating group) is 1. The molecule has 62 valence electrons. The molecule has 1 saturated heterocycles. The molecule has 3 nitrogen and oxygen atoms in total. The molecule has 1 aliphatic heterocycles. The number of ether oxygens (including phenoxy) is 1. The molecule has 1 unspecified atom stereocenters. The molecule has 1 heterocycles. The Kier molecular flexibility index (Phi) is 3.70. The maximum Gasteiger partial charge on any atom is 0.133 e. The minimum Gasteiger partial charge on any atom is -0.375 e. The van der Waals surface area contributed by atoms with Gasteiger partial charge in [-0.2, -0.15) is 5.26 Å². The number of nitriles is 1. The molecule has 1 rings (SSSR count). The molecule has 1 fully saturated rings. The van der Waals surface area contributed by atoms with Crippen molar-refractivity contribution in [1.29, 1.82) is 5.26 Å². The maximum atomic E-state index is 8.31. The third-order valence-electron chi connectivity index (χ3n) is 1.68. The zero-order valence-corrected chi connectivity index (χ0v) is 7.43. The average Bonchev–Trinajstić information content (AvgIpc) is 2.01. The zero-order valence-electron chi connectivity index (χ0n) is 6.62. The Morgan fingerprint density at radius 2 is 2.64 bits per heavy atom. The predicted octanol–water partition coefficient (Wildman–Crippen LogP) is 0.531. The van der Waals surface area contributed by atoms with Gasteiger partial charge in [0.05, 0.1) is 12.7 Å². The van der Waals surface area contributed by atoms with Gasteiger partial charge in [0.15, 0.2) is 0 Å². The SMILES string of the molecule is CN1CCOC(CSC#N)C1. The number of nitrogens with zero attached hydrogens (tertiary/aromatic N) is 2. The predicted molar refractivity (Wildman–Crippen MR) is 45.3 cm³/mol. The van der Waals surface area contributed by atoms with Crippen LogP contribution >= 0.6 is 11.8 Å². The average molecular weight is 172 g/mol. The van der Waals surface area contributed by atoms with Crippen LogP contribution in [0.3, 0.4) is 0 Å². The second kappa shape index (κ2) is 4.60. The van der Waals surface area contributed by atoms with Crippen LogP contribution in [0.1, 0.15) is 0 Å². The molecule has 1 aliphatic rings. The summed E-state index contributed by atoms with van der Waals surface area (Å²) in [5.41, 5.74) is 0. The van der Waals surface area contributed by atoms with Crippen molar-refractivity contribution in [3.63, 3.8) is 0 Å². The van der Waals surface area contributed by atoms with Crippen molar-refractivity contribution in [2.45, 2.75) is 6.10 Å². The van der Waals surface area contributed by atoms with E-state index in [9.17, 15) is 0 Å². The van der Waals surface area contributed by atoms with Crippen molar-refractivity contribution >= 4 is 11.8 Å². The summed E-state index contributed by atoms with van der Waals surface area (Å²) < 4.78 is 5.44. The summed E-state index contributed by atoms with van der Waals surface area (Å²) in [6.07, 6.45) is 0.249. The van der Waals surface area contributed by atoms with Crippen LogP contribution in [0.4, 0.5) is 0 Å². The number of hydrogen-bond donors (Lipinski definition) is 0. The Morgan fingerprint density at radius 3 is 3.27 bits per heavy atom. The molecule has 0 aromatic rings. The lowest BCUT2D eigenvalue weighted by Crippen LogP contribution is -2.41. The first-order valence-electron chi connectivity index (χ1n) is 3.64. The molecule has 4 heteroatoms. The van der Waals surface area contributed by atoms with Gasteiger partial charge in [0.2, 0.25) is 0 Å². The highest BCUT2D eigenvalue weighted by Crippen LogP contribution is 2.08. The van der Waals surface area contributed by atoms with E-state index in [1.54, 1.807) is 0 Å². The first-order chi connectivity index (χ1) is 5.33. The Morgan fingerprint density at radius 1 is 1.82 bits per heavy atom. The topological polar surface area (TPSA) is 36.3 Å². The second-order valence-corrected chi connectivity index (χ2v) is 3.46. The van der Waals surface area contributed by atoms with Crippen molar-refractivity contribution in [1.82, 2.24) is 4.90 Å². The van der Waals surface area contributed by atoms with Gasteiger partial charge in [-0.05, 0) is 18.8 Å². The van der Waals surface area contributed by atoms with E-state index in [0.29, 0.717) is 0 Å². The van der Waals surface area contributed by atoms with Crippen LogP contribution in [0.2, 0.25) is 0 Å². The Labute approximate surface area is 71.3 Å². The molecule has 0 bridgehead atoms. The van der Waals surface area contributed by atoms with Gasteiger partial charge in [0.25, 0.3) is 0 Å². The lowest BCUT2D eigenvalue weighted by atomic mass is 10.3. The van der Waals surface area contributed by atoms with Gasteiger partial charge in [-0.1, -0.05) is 0 Å². The van der Waals surface area contributed by atoms with Crippen molar-refractivity contribution in [2.24, 2.45) is 0 Å². The third-order valence-corrected chi connectivity index (χ3v) is 2.34. The number of thioether (sulfide) groups is 1. The van der Waals surface area contributed by atoms with E-state index >= 15 is 0 Å². The molecular formula is C7H12N2OS. The van der Waals surface area contributed by atoms with E-state index in [1.807, 2.05) is 5.40 Å². The number of thiocyanates is 1. The highest BCUT2D eigenvalue weighted by molar-refractivity contribution is 8.03. The molecule has 11 heavy (non-hydrogen) atoms. The Bertz CT molecular complexity index is 157. The summed E-state index contributed by atoms with van der Waals surface area (Å²) in [5.74, 6) is 0.792. The molecule has 0 saturated carbocycles. The maximum absolute atomic E-state index is 8.31. The van der Waals surface area contributed by atoms with E-state index in [4.69, 9.17) is 10.00 Å². The van der Waals surface area contributed by atoms with E-state index < -0.39 is 0 Å². The monoisotopic (exact) mass is 172 g/mol. The minimum absolute atomic E-state index is 0.249. The van der Waals surface area contributed by atoms with Crippen molar-refractivity contribution < 1.29 is 4.74 Å². The molecule has 0 aliphatic carbocycles. The molecule has 0 N–H and O–H groups in total. The van der Waals surface area contributed by atoms with Gasteiger partial charge in [-0.3, -0.25) is 0 Å². The van der Waals surface area contributed by atoms with Gasteiger partial charge >= 0.3 is 0 Å². The van der Waals surface area contributed by atoms with Crippen LogP contribution in [0.5, 0.6) is 0 Å². The Balaban J connectivity index is 2.18. The summed E-state index contributed by atoms with van der Waals surface area (Å²) in [6, 6.07) is 0. The molecule has 0 aromatic heterocycles. The smallest absolute Gasteiger partial charge is 0.133 e. The van der Waals surface area contributed by atoms with Gasteiger partial charge in [-0.25, -0.2) is 0 Å². The normalized spacial score (nSPS) is 26.4. The quantitative estimate of drug-likeness (QED) is 0.569. The first kappa shape index (κ1) is 8.85. The summed E-state index contributed by atoms with van der Waals surface area (Å²) >= 11 is 1.27. The lowest BCUT2D eigenvalue weighted by Gasteiger charge is -2.29. The molecule has 0 spiro atoms. The highest BCUT2D eigenvalue weighted by Gasteiger charge is 2.16. The molecular weight excluding hydrogens is 160 g/mol. The van der Waals surface area contributed by atoms with Gasteiger partial charge in [0.1, 0.15) is 5.40 Å². The van der Waals surface area contributed by atoms with Crippen LogP contribution in [-0.4, -0.2) is 43.5 Å². The van der Waals surface area contributed by atoms with E-state index in [-0.39, 0.29) is 6.10 Å². The Hall–Kier alpha value is -0.240. The van der Waals surface area contributed by atoms with Gasteiger partial charge in [0, 0.05) is 18.8 Å². The third kappa shape index (κ3) is 3.10. The van der Waals surface area contributed by atoms with Crippen LogP contribution < -0.4 is 0 Å². The van der Waals surface area contributed by atoms with Crippen LogP contribution in [0, 0.1) is 10.7 Å². The van der Waals surface area contributed by atoms with Crippen molar-refractivity contribution in [3.8, 4) is 5.40 Å². The molecule has 0 radical (unpaired) electrons. The fourth-order valence-electron chi connectivity index (χ4n) is 1.10. The van der Waals surface area contributed by atoms with E-state index in [1.165, 1.54) is 11.8 Å². The first-order valence-corrected chi connectivity index (χ1v) is 4.62. The number of rotatable bonds is 2. The summed E-state index contributed by atoms with van der Waals surface area (Å²) in [7, 11) is 2.08. The zero-order chi connectivity index (χ0) is 8.10. The van der Waals surface area contributed by atoms with Crippen LogP contribution in [0.15, 0.2) is 0 Å². The van der Waals surface area contributed by atoms with Gasteiger partial charge < -0.3 is 9.64 Å². The van der Waals surface area contributed by atoms with Crippen LogP contribution in [-0.2, 0) is 4.74 Å². The molecule has 0 aromatic carbocycles. The minimum atomic E-state index is 0.249. The van der Waals surface area contributed by atoms with Crippen LogP contribution in [0.25, 0.3) is 0 Å². The van der Waals surface area contributed by atoms with Crippen molar-refractivity contribution in [3.05, 3.63) is 0 Å². The lowest BCUT2D eigenvalue weighted by molar-refractivity contribution is -0.00590. The summed E-state index contributed by atoms with van der Waals surface area (Å²) in [5, 5.41) is 10.4. The fraction of sp³-hybridized carbons (Fsp3) is 0.857. The van der Waals surface area contributed by atoms with E-state index in [2.05, 4.69) is 11.9 Å². The fourth-order valence-corrected chi connectivity index (χ4v) is 1.56. The largest absolute Gasteiger partial charge is 0.375 e. The molecule has 1 atom stereocenters. The van der Waals surface area contributed by atoms with E-state index in [0.717, 1.165) is 25.4 Å². The summed E-state index contributed by atoms with van der Waals surface area (Å²) in [6.45, 7) is 2.76. The number of hydrogen-bond acceptors (Lipinski definition) is 4. The number of morpholine rings is 1. The standard InChI is InChI=1S/C7H12N2OS/c1-9-2-3-10-7(4-9)5-11-6-8/h7H,2-5H2,1H3. The van der Waals surface area contributed by atoms with Gasteiger partial charge in [-0.15, -0.1) is 0 Å². The van der Waals surface area contributed by atoms with Crippen molar-refractivity contribution in [2.75, 3.05) is 32.5 Å². The second-order valence-electron chi connectivity index (χ2n) is 2.66. The molecule has 0 amide bonds. The summed E-state index contributed by atoms with van der Waals surface area (Å²) in [4.78, 5) is 2.23.